The van der Waals surface area contributed by atoms with Gasteiger partial charge in [0.15, 0.2) is 0 Å². The first kappa shape index (κ1) is 14.9. The van der Waals surface area contributed by atoms with Crippen LogP contribution in [0.3, 0.4) is 0 Å². The number of aryl methyl sites for hydroxylation is 1. The van der Waals surface area contributed by atoms with Crippen molar-refractivity contribution in [2.45, 2.75) is 6.42 Å². The fourth-order valence-corrected chi connectivity index (χ4v) is 2.45. The van der Waals surface area contributed by atoms with E-state index in [1.807, 2.05) is 50.0 Å². The number of benzene rings is 1. The predicted octanol–water partition coefficient (Wildman–Crippen LogP) is 2.51. The minimum absolute atomic E-state index is 0.0569. The summed E-state index contributed by atoms with van der Waals surface area (Å²) in [5.74, 6) is -0.0569. The van der Waals surface area contributed by atoms with Gasteiger partial charge in [-0.3, -0.25) is 4.79 Å². The van der Waals surface area contributed by atoms with Crippen LogP contribution in [0.15, 0.2) is 24.3 Å². The third-order valence-electron chi connectivity index (χ3n) is 3.33. The summed E-state index contributed by atoms with van der Waals surface area (Å²) < 4.78 is 1.88. The molecule has 2 aromatic rings. The minimum Gasteiger partial charge on any atom is -0.351 e. The highest BCUT2D eigenvalue weighted by Crippen LogP contribution is 2.26. The Labute approximate surface area is 124 Å². The summed E-state index contributed by atoms with van der Waals surface area (Å²) in [7, 11) is 5.93. The molecule has 0 saturated heterocycles. The highest BCUT2D eigenvalue weighted by atomic mass is 35.5. The van der Waals surface area contributed by atoms with Gasteiger partial charge in [0.1, 0.15) is 5.69 Å². The summed E-state index contributed by atoms with van der Waals surface area (Å²) in [6.45, 7) is 1.63. The highest BCUT2D eigenvalue weighted by Gasteiger charge is 2.14. The van der Waals surface area contributed by atoms with Crippen molar-refractivity contribution in [2.24, 2.45) is 7.05 Å². The van der Waals surface area contributed by atoms with Gasteiger partial charge in [-0.2, -0.15) is 0 Å². The Balaban J connectivity index is 2.11. The van der Waals surface area contributed by atoms with Crippen molar-refractivity contribution in [1.82, 2.24) is 14.8 Å². The van der Waals surface area contributed by atoms with Crippen LogP contribution in [0.5, 0.6) is 0 Å². The lowest BCUT2D eigenvalue weighted by molar-refractivity contribution is 0.0944. The van der Waals surface area contributed by atoms with Crippen LogP contribution in [0.4, 0.5) is 0 Å². The number of carbonyl (C=O) groups is 1. The predicted molar refractivity (Wildman–Crippen MR) is 83.4 cm³/mol. The smallest absolute Gasteiger partial charge is 0.267 e. The molecule has 0 unspecified atom stereocenters. The first-order chi connectivity index (χ1) is 9.50. The SMILES string of the molecule is CN(C)CCCNC(=O)c1cc2c(Cl)cccc2n1C. The van der Waals surface area contributed by atoms with E-state index in [0.717, 1.165) is 23.9 Å². The monoisotopic (exact) mass is 293 g/mol. The van der Waals surface area contributed by atoms with E-state index >= 15 is 0 Å². The number of carbonyl (C=O) groups excluding carboxylic acids is 1. The van der Waals surface area contributed by atoms with Gasteiger partial charge in [0.25, 0.3) is 5.91 Å². The number of halogens is 1. The minimum atomic E-state index is -0.0569. The fourth-order valence-electron chi connectivity index (χ4n) is 2.23. The number of nitrogens with zero attached hydrogens (tertiary/aromatic N) is 2. The molecule has 1 aromatic carbocycles. The van der Waals surface area contributed by atoms with Crippen molar-refractivity contribution in [2.75, 3.05) is 27.2 Å². The number of aromatic nitrogens is 1. The van der Waals surface area contributed by atoms with Gasteiger partial charge in [-0.25, -0.2) is 0 Å². The number of hydrogen-bond donors (Lipinski definition) is 1. The standard InChI is InChI=1S/C15H20ClN3O/c1-18(2)9-5-8-17-15(20)14-10-11-12(16)6-4-7-13(11)19(14)3/h4,6-7,10H,5,8-9H2,1-3H3,(H,17,20). The van der Waals surface area contributed by atoms with E-state index < -0.39 is 0 Å². The molecule has 0 aliphatic rings. The normalized spacial score (nSPS) is 11.2. The van der Waals surface area contributed by atoms with E-state index in [1.165, 1.54) is 0 Å². The van der Waals surface area contributed by atoms with E-state index in [-0.39, 0.29) is 5.91 Å². The third kappa shape index (κ3) is 3.14. The average molecular weight is 294 g/mol. The second kappa shape index (κ2) is 6.29. The van der Waals surface area contributed by atoms with Crippen molar-refractivity contribution in [3.05, 3.63) is 35.0 Å². The first-order valence-corrected chi connectivity index (χ1v) is 7.05. The number of hydrogen-bond acceptors (Lipinski definition) is 2. The molecular weight excluding hydrogens is 274 g/mol. The second-order valence-corrected chi connectivity index (χ2v) is 5.58. The molecule has 5 heteroatoms. The van der Waals surface area contributed by atoms with Crippen LogP contribution in [0, 0.1) is 0 Å². The van der Waals surface area contributed by atoms with Crippen LogP contribution in [-0.4, -0.2) is 42.6 Å². The molecule has 1 amide bonds. The zero-order valence-electron chi connectivity index (χ0n) is 12.1. The summed E-state index contributed by atoms with van der Waals surface area (Å²) >= 11 is 6.16. The Kier molecular flexibility index (Phi) is 4.68. The highest BCUT2D eigenvalue weighted by molar-refractivity contribution is 6.35. The molecule has 20 heavy (non-hydrogen) atoms. The Morgan fingerprint density at radius 3 is 2.80 bits per heavy atom. The lowest BCUT2D eigenvalue weighted by atomic mass is 10.2. The maximum absolute atomic E-state index is 12.2. The van der Waals surface area contributed by atoms with Crippen molar-refractivity contribution >= 4 is 28.4 Å². The Hall–Kier alpha value is -1.52. The van der Waals surface area contributed by atoms with Gasteiger partial charge in [0, 0.05) is 29.5 Å². The molecule has 0 bridgehead atoms. The average Bonchev–Trinajstić information content (AvgIpc) is 2.74. The fraction of sp³-hybridized carbons (Fsp3) is 0.400. The van der Waals surface area contributed by atoms with Crippen LogP contribution >= 0.6 is 11.6 Å². The Morgan fingerprint density at radius 2 is 2.15 bits per heavy atom. The molecule has 2 rings (SSSR count). The molecule has 0 fully saturated rings. The molecule has 1 N–H and O–H groups in total. The molecule has 0 atom stereocenters. The summed E-state index contributed by atoms with van der Waals surface area (Å²) in [5.41, 5.74) is 1.61. The topological polar surface area (TPSA) is 37.3 Å². The quantitative estimate of drug-likeness (QED) is 0.860. The second-order valence-electron chi connectivity index (χ2n) is 5.17. The van der Waals surface area contributed by atoms with E-state index in [1.54, 1.807) is 0 Å². The van der Waals surface area contributed by atoms with Gasteiger partial charge >= 0.3 is 0 Å². The van der Waals surface area contributed by atoms with Gasteiger partial charge in [-0.1, -0.05) is 17.7 Å². The zero-order valence-corrected chi connectivity index (χ0v) is 12.9. The van der Waals surface area contributed by atoms with Gasteiger partial charge in [-0.15, -0.1) is 0 Å². The van der Waals surface area contributed by atoms with Crippen LogP contribution in [0.1, 0.15) is 16.9 Å². The number of nitrogens with one attached hydrogen (secondary N) is 1. The van der Waals surface area contributed by atoms with Crippen molar-refractivity contribution in [3.63, 3.8) is 0 Å². The Bertz CT molecular complexity index is 619. The summed E-state index contributed by atoms with van der Waals surface area (Å²) in [6.07, 6.45) is 0.934. The summed E-state index contributed by atoms with van der Waals surface area (Å²) in [6, 6.07) is 7.54. The molecule has 4 nitrogen and oxygen atoms in total. The molecule has 108 valence electrons. The van der Waals surface area contributed by atoms with Crippen LogP contribution in [0.2, 0.25) is 5.02 Å². The molecular formula is C15H20ClN3O. The number of rotatable bonds is 5. The van der Waals surface area contributed by atoms with E-state index in [9.17, 15) is 4.79 Å². The molecule has 0 spiro atoms. The van der Waals surface area contributed by atoms with Crippen LogP contribution < -0.4 is 5.32 Å². The van der Waals surface area contributed by atoms with Gasteiger partial charge in [0.2, 0.25) is 0 Å². The lowest BCUT2D eigenvalue weighted by Gasteiger charge is -2.10. The van der Waals surface area contributed by atoms with E-state index in [0.29, 0.717) is 17.3 Å². The van der Waals surface area contributed by atoms with Gasteiger partial charge in [0.05, 0.1) is 0 Å². The molecule has 0 saturated carbocycles. The van der Waals surface area contributed by atoms with Crippen molar-refractivity contribution < 1.29 is 4.79 Å². The maximum Gasteiger partial charge on any atom is 0.267 e. The van der Waals surface area contributed by atoms with Gasteiger partial charge < -0.3 is 14.8 Å². The summed E-state index contributed by atoms with van der Waals surface area (Å²) in [5, 5.41) is 4.53. The molecule has 0 radical (unpaired) electrons. The molecule has 1 aromatic heterocycles. The molecule has 1 heterocycles. The van der Waals surface area contributed by atoms with Crippen LogP contribution in [0.25, 0.3) is 10.9 Å². The van der Waals surface area contributed by atoms with Crippen LogP contribution in [-0.2, 0) is 7.05 Å². The van der Waals surface area contributed by atoms with Crippen molar-refractivity contribution in [1.29, 1.82) is 0 Å². The summed E-state index contributed by atoms with van der Waals surface area (Å²) in [4.78, 5) is 14.3. The Morgan fingerprint density at radius 1 is 1.40 bits per heavy atom. The molecule has 0 aliphatic heterocycles. The third-order valence-corrected chi connectivity index (χ3v) is 3.66. The van der Waals surface area contributed by atoms with E-state index in [4.69, 9.17) is 11.6 Å². The maximum atomic E-state index is 12.2. The lowest BCUT2D eigenvalue weighted by Crippen LogP contribution is -2.28. The number of amides is 1. The van der Waals surface area contributed by atoms with E-state index in [2.05, 4.69) is 10.2 Å². The largest absolute Gasteiger partial charge is 0.351 e. The molecule has 0 aliphatic carbocycles. The number of fused-ring (bicyclic) bond motifs is 1. The zero-order chi connectivity index (χ0) is 14.7. The van der Waals surface area contributed by atoms with Gasteiger partial charge in [-0.05, 0) is 45.3 Å². The first-order valence-electron chi connectivity index (χ1n) is 6.67. The van der Waals surface area contributed by atoms with Crippen molar-refractivity contribution in [3.8, 4) is 0 Å².